The molecule has 1 aliphatic rings. The van der Waals surface area contributed by atoms with Gasteiger partial charge in [0.15, 0.2) is 11.5 Å². The fraction of sp³-hybridized carbons (Fsp3) is 0.364. The highest BCUT2D eigenvalue weighted by Crippen LogP contribution is 2.40. The van der Waals surface area contributed by atoms with Crippen molar-refractivity contribution in [3.8, 4) is 17.2 Å². The molecule has 16 heavy (non-hydrogen) atoms. The van der Waals surface area contributed by atoms with Gasteiger partial charge in [0.2, 0.25) is 11.9 Å². The van der Waals surface area contributed by atoms with Crippen molar-refractivity contribution in [2.45, 2.75) is 13.0 Å². The van der Waals surface area contributed by atoms with E-state index in [9.17, 15) is 4.79 Å². The van der Waals surface area contributed by atoms with Gasteiger partial charge in [-0.3, -0.25) is 0 Å². The molecule has 0 fully saturated rings. The molecule has 1 aliphatic heterocycles. The van der Waals surface area contributed by atoms with E-state index in [4.69, 9.17) is 19.3 Å². The summed E-state index contributed by atoms with van der Waals surface area (Å²) >= 11 is 0. The van der Waals surface area contributed by atoms with E-state index < -0.39 is 12.1 Å². The molecule has 1 unspecified atom stereocenters. The SMILES string of the molecule is CCOc1cccc2c1OC(C(=O)O)CO2. The molecule has 0 aliphatic carbocycles. The first-order valence-electron chi connectivity index (χ1n) is 5.00. The van der Waals surface area contributed by atoms with E-state index in [1.807, 2.05) is 6.92 Å². The first-order chi connectivity index (χ1) is 7.72. The van der Waals surface area contributed by atoms with Crippen LogP contribution in [-0.2, 0) is 4.79 Å². The summed E-state index contributed by atoms with van der Waals surface area (Å²) in [5.41, 5.74) is 0. The van der Waals surface area contributed by atoms with Gasteiger partial charge in [-0.2, -0.15) is 0 Å². The smallest absolute Gasteiger partial charge is 0.348 e. The van der Waals surface area contributed by atoms with Gasteiger partial charge < -0.3 is 19.3 Å². The molecular weight excluding hydrogens is 212 g/mol. The summed E-state index contributed by atoms with van der Waals surface area (Å²) in [4.78, 5) is 10.8. The number of carboxylic acids is 1. The Kier molecular flexibility index (Phi) is 2.85. The van der Waals surface area contributed by atoms with E-state index in [2.05, 4.69) is 0 Å². The van der Waals surface area contributed by atoms with Crippen LogP contribution in [0.3, 0.4) is 0 Å². The van der Waals surface area contributed by atoms with Gasteiger partial charge in [0, 0.05) is 0 Å². The van der Waals surface area contributed by atoms with Gasteiger partial charge in [-0.15, -0.1) is 0 Å². The highest BCUT2D eigenvalue weighted by Gasteiger charge is 2.29. The third-order valence-electron chi connectivity index (χ3n) is 2.17. The molecule has 1 N–H and O–H groups in total. The van der Waals surface area contributed by atoms with E-state index in [1.165, 1.54) is 0 Å². The number of fused-ring (bicyclic) bond motifs is 1. The molecule has 0 bridgehead atoms. The minimum atomic E-state index is -1.04. The highest BCUT2D eigenvalue weighted by molar-refractivity contribution is 5.74. The van der Waals surface area contributed by atoms with Gasteiger partial charge in [-0.1, -0.05) is 6.07 Å². The number of carboxylic acid groups (broad SMARTS) is 1. The second-order valence-electron chi connectivity index (χ2n) is 3.27. The van der Waals surface area contributed by atoms with E-state index in [1.54, 1.807) is 18.2 Å². The fourth-order valence-electron chi connectivity index (χ4n) is 1.46. The number of benzene rings is 1. The summed E-state index contributed by atoms with van der Waals surface area (Å²) < 4.78 is 16.0. The maximum atomic E-state index is 10.8. The average molecular weight is 224 g/mol. The molecule has 0 amide bonds. The molecule has 0 saturated carbocycles. The Morgan fingerprint density at radius 3 is 3.12 bits per heavy atom. The minimum absolute atomic E-state index is 0.0118. The summed E-state index contributed by atoms with van der Waals surface area (Å²) in [6, 6.07) is 5.21. The zero-order chi connectivity index (χ0) is 11.5. The van der Waals surface area contributed by atoms with E-state index >= 15 is 0 Å². The van der Waals surface area contributed by atoms with Crippen LogP contribution in [0.4, 0.5) is 0 Å². The minimum Gasteiger partial charge on any atom is -0.490 e. The molecule has 1 atom stereocenters. The topological polar surface area (TPSA) is 65.0 Å². The zero-order valence-corrected chi connectivity index (χ0v) is 8.80. The lowest BCUT2D eigenvalue weighted by atomic mass is 10.2. The number of aliphatic carboxylic acids is 1. The molecule has 0 aromatic heterocycles. The van der Waals surface area contributed by atoms with Gasteiger partial charge >= 0.3 is 5.97 Å². The molecular formula is C11H12O5. The van der Waals surface area contributed by atoms with Gasteiger partial charge in [-0.05, 0) is 19.1 Å². The molecule has 2 rings (SSSR count). The number of para-hydroxylation sites is 1. The maximum Gasteiger partial charge on any atom is 0.348 e. The van der Waals surface area contributed by atoms with Crippen molar-refractivity contribution in [2.24, 2.45) is 0 Å². The molecule has 5 heteroatoms. The lowest BCUT2D eigenvalue weighted by molar-refractivity contribution is -0.147. The maximum absolute atomic E-state index is 10.8. The average Bonchev–Trinajstić information content (AvgIpc) is 2.29. The Labute approximate surface area is 92.5 Å². The molecule has 1 aromatic rings. The van der Waals surface area contributed by atoms with Crippen molar-refractivity contribution in [1.29, 1.82) is 0 Å². The zero-order valence-electron chi connectivity index (χ0n) is 8.80. The molecule has 0 saturated heterocycles. The van der Waals surface area contributed by atoms with Crippen LogP contribution in [0.5, 0.6) is 17.2 Å². The van der Waals surface area contributed by atoms with Crippen LogP contribution in [0.2, 0.25) is 0 Å². The first-order valence-corrected chi connectivity index (χ1v) is 5.00. The summed E-state index contributed by atoms with van der Waals surface area (Å²) in [5.74, 6) is 0.342. The molecule has 1 heterocycles. The quantitative estimate of drug-likeness (QED) is 0.838. The third-order valence-corrected chi connectivity index (χ3v) is 2.17. The molecule has 0 spiro atoms. The Hall–Kier alpha value is -1.91. The summed E-state index contributed by atoms with van der Waals surface area (Å²) in [7, 11) is 0. The molecule has 86 valence electrons. The van der Waals surface area contributed by atoms with Crippen LogP contribution in [0.1, 0.15) is 6.92 Å². The monoisotopic (exact) mass is 224 g/mol. The third kappa shape index (κ3) is 1.88. The highest BCUT2D eigenvalue weighted by atomic mass is 16.6. The number of carbonyl (C=O) groups is 1. The standard InChI is InChI=1S/C11H12O5/c1-2-14-7-4-3-5-8-10(7)16-9(6-15-8)11(12)13/h3-5,9H,2,6H2,1H3,(H,12,13). The van der Waals surface area contributed by atoms with Crippen molar-refractivity contribution in [2.75, 3.05) is 13.2 Å². The normalized spacial score (nSPS) is 17.9. The van der Waals surface area contributed by atoms with E-state index in [-0.39, 0.29) is 6.61 Å². The van der Waals surface area contributed by atoms with Crippen LogP contribution in [0, 0.1) is 0 Å². The summed E-state index contributed by atoms with van der Waals surface area (Å²) in [6.45, 7) is 2.34. The first kappa shape index (κ1) is 10.6. The van der Waals surface area contributed by atoms with Gasteiger partial charge in [0.05, 0.1) is 6.61 Å². The molecule has 1 aromatic carbocycles. The molecule has 0 radical (unpaired) electrons. The van der Waals surface area contributed by atoms with Crippen LogP contribution in [-0.4, -0.2) is 30.4 Å². The van der Waals surface area contributed by atoms with Crippen LogP contribution in [0.25, 0.3) is 0 Å². The van der Waals surface area contributed by atoms with Crippen LogP contribution < -0.4 is 14.2 Å². The van der Waals surface area contributed by atoms with Crippen molar-refractivity contribution in [3.05, 3.63) is 18.2 Å². The largest absolute Gasteiger partial charge is 0.490 e. The van der Waals surface area contributed by atoms with Crippen LogP contribution in [0.15, 0.2) is 18.2 Å². The second-order valence-corrected chi connectivity index (χ2v) is 3.27. The predicted molar refractivity (Wildman–Crippen MR) is 55.2 cm³/mol. The van der Waals surface area contributed by atoms with Gasteiger partial charge in [-0.25, -0.2) is 4.79 Å². The number of ether oxygens (including phenoxy) is 3. The Morgan fingerprint density at radius 1 is 1.62 bits per heavy atom. The number of hydrogen-bond acceptors (Lipinski definition) is 4. The van der Waals surface area contributed by atoms with Crippen molar-refractivity contribution in [3.63, 3.8) is 0 Å². The number of hydrogen-bond donors (Lipinski definition) is 1. The van der Waals surface area contributed by atoms with Crippen molar-refractivity contribution in [1.82, 2.24) is 0 Å². The van der Waals surface area contributed by atoms with Gasteiger partial charge in [0.25, 0.3) is 0 Å². The Bertz CT molecular complexity index is 401. The molecule has 5 nitrogen and oxygen atoms in total. The Balaban J connectivity index is 2.30. The van der Waals surface area contributed by atoms with E-state index in [0.29, 0.717) is 23.9 Å². The van der Waals surface area contributed by atoms with Crippen LogP contribution >= 0.6 is 0 Å². The van der Waals surface area contributed by atoms with Crippen molar-refractivity contribution >= 4 is 5.97 Å². The summed E-state index contributed by atoms with van der Waals surface area (Å²) in [6.07, 6.45) is -0.978. The second kappa shape index (κ2) is 4.30. The fourth-order valence-corrected chi connectivity index (χ4v) is 1.46. The summed E-state index contributed by atoms with van der Waals surface area (Å²) in [5, 5.41) is 8.84. The van der Waals surface area contributed by atoms with E-state index in [0.717, 1.165) is 0 Å². The van der Waals surface area contributed by atoms with Gasteiger partial charge in [0.1, 0.15) is 6.61 Å². The predicted octanol–water partition coefficient (Wildman–Crippen LogP) is 1.31. The van der Waals surface area contributed by atoms with Crippen molar-refractivity contribution < 1.29 is 24.1 Å². The Morgan fingerprint density at radius 2 is 2.44 bits per heavy atom. The lowest BCUT2D eigenvalue weighted by Crippen LogP contribution is -2.36. The number of rotatable bonds is 3. The lowest BCUT2D eigenvalue weighted by Gasteiger charge is -2.25.